The summed E-state index contributed by atoms with van der Waals surface area (Å²) in [6, 6.07) is 10.2. The molecule has 1 aromatic carbocycles. The first-order chi connectivity index (χ1) is 31.1. The highest BCUT2D eigenvalue weighted by Crippen LogP contribution is 2.58. The Hall–Kier alpha value is -4.93. The van der Waals surface area contributed by atoms with E-state index in [0.717, 1.165) is 5.39 Å². The average Bonchev–Trinajstić information content (AvgIpc) is 4.19. The van der Waals surface area contributed by atoms with Gasteiger partial charge in [0.2, 0.25) is 17.7 Å². The summed E-state index contributed by atoms with van der Waals surface area (Å²) in [5.74, 6) is -2.40. The Balaban J connectivity index is 0.000000608. The van der Waals surface area contributed by atoms with E-state index in [1.165, 1.54) is 4.90 Å². The standard InChI is InChI=1S/C40H54N4O10S.C6H10N2O3S/c1-9-26-22-40(26,36(48)43-55(49,50)54-39(15-16-39)14-10-17-41)23-32(45)31-20-28(52-34-29-12-11-27(51-8)19-25(29)13-18-42-34)24-44(31)35(47)30(37(2,3)4)21-33(46)53-38(5,6)7;7-5-1-2-6(3-4-6)11-12(8,9)10/h11-13,18-19,26,28,30-31H,9-10,14-16,20-24H2,1-8H3,(H,43,48);1-4H2,(H2,8,9,10)/t26-,28-,30-,31+,40-;/m1./s1. The van der Waals surface area contributed by atoms with Crippen LogP contribution in [0, 0.1) is 45.3 Å². The van der Waals surface area contributed by atoms with E-state index in [0.29, 0.717) is 62.0 Å². The van der Waals surface area contributed by atoms with Crippen LogP contribution in [-0.2, 0) is 52.9 Å². The number of esters is 1. The van der Waals surface area contributed by atoms with Crippen molar-refractivity contribution in [1.82, 2.24) is 14.6 Å². The number of nitrogens with zero attached hydrogens (tertiary/aromatic N) is 4. The molecule has 5 atom stereocenters. The largest absolute Gasteiger partial charge is 0.497 e. The maximum Gasteiger partial charge on any atom is 0.362 e. The quantitative estimate of drug-likeness (QED) is 0.152. The number of nitrogens with one attached hydrogen (secondary N) is 1. The molecule has 21 heteroatoms. The summed E-state index contributed by atoms with van der Waals surface area (Å²) in [6.07, 6.45) is 4.60. The summed E-state index contributed by atoms with van der Waals surface area (Å²) in [4.78, 5) is 61.9. The monoisotopic (exact) mass is 972 g/mol. The second-order valence-electron chi connectivity index (χ2n) is 20.2. The molecule has 67 heavy (non-hydrogen) atoms. The fourth-order valence-electron chi connectivity index (χ4n) is 8.68. The van der Waals surface area contributed by atoms with Crippen LogP contribution in [0.3, 0.4) is 0 Å². The molecule has 1 saturated heterocycles. The SMILES string of the molecule is CC[C@@H]1C[C@]1(CC(=O)[C@@H]1C[C@@H](Oc2nccc3cc(OC)ccc23)CN1C(=O)[C@@H](CC(=O)OC(C)(C)C)C(C)(C)C)C(=O)NS(=O)(=O)OC1(CCC#N)CC1.N#CCCC1(OS(N)(=O)=O)CC1. The molecule has 0 radical (unpaired) electrons. The Labute approximate surface area is 393 Å². The third kappa shape index (κ3) is 14.3. The van der Waals surface area contributed by atoms with Crippen LogP contribution in [0.1, 0.15) is 132 Å². The van der Waals surface area contributed by atoms with Crippen molar-refractivity contribution in [1.29, 1.82) is 10.5 Å². The molecule has 3 N–H and O–H groups in total. The summed E-state index contributed by atoms with van der Waals surface area (Å²) < 4.78 is 76.6. The van der Waals surface area contributed by atoms with Gasteiger partial charge in [0.25, 0.3) is 0 Å². The fraction of sp³-hybridized carbons (Fsp3) is 0.674. The molecule has 0 bridgehead atoms. The summed E-state index contributed by atoms with van der Waals surface area (Å²) in [6.45, 7) is 12.7. The smallest absolute Gasteiger partial charge is 0.362 e. The van der Waals surface area contributed by atoms with E-state index in [1.807, 2.05) is 58.0 Å². The first kappa shape index (κ1) is 53.0. The first-order valence-corrected chi connectivity index (χ1v) is 25.4. The molecule has 4 aliphatic rings. The van der Waals surface area contributed by atoms with Crippen molar-refractivity contribution in [2.45, 2.75) is 161 Å². The zero-order chi connectivity index (χ0) is 49.8. The van der Waals surface area contributed by atoms with Crippen LogP contribution in [0.15, 0.2) is 30.5 Å². The number of aromatic nitrogens is 1. The third-order valence-electron chi connectivity index (χ3n) is 12.7. The molecule has 1 aliphatic heterocycles. The number of carbonyl (C=O) groups is 4. The predicted molar refractivity (Wildman–Crippen MR) is 243 cm³/mol. The lowest BCUT2D eigenvalue weighted by Gasteiger charge is -2.35. The van der Waals surface area contributed by atoms with Crippen molar-refractivity contribution in [3.63, 3.8) is 0 Å². The topological polar surface area (TPSA) is 284 Å². The van der Waals surface area contributed by atoms with Crippen LogP contribution in [0.2, 0.25) is 0 Å². The third-order valence-corrected chi connectivity index (χ3v) is 14.3. The van der Waals surface area contributed by atoms with Crippen molar-refractivity contribution >= 4 is 54.9 Å². The van der Waals surface area contributed by atoms with Crippen LogP contribution in [0.4, 0.5) is 0 Å². The Morgan fingerprint density at radius 3 is 2.07 bits per heavy atom. The van der Waals surface area contributed by atoms with Gasteiger partial charge < -0.3 is 19.1 Å². The number of ketones is 1. The molecule has 19 nitrogen and oxygen atoms in total. The van der Waals surface area contributed by atoms with Crippen LogP contribution < -0.4 is 19.3 Å². The Bertz CT molecular complexity index is 2500. The van der Waals surface area contributed by atoms with Gasteiger partial charge in [0.05, 0.1) is 60.8 Å². The zero-order valence-electron chi connectivity index (χ0n) is 39.6. The number of amides is 2. The van der Waals surface area contributed by atoms with Gasteiger partial charge in [0, 0.05) is 37.3 Å². The number of pyridine rings is 1. The van der Waals surface area contributed by atoms with Gasteiger partial charge in [-0.05, 0) is 107 Å². The number of hydrogen-bond donors (Lipinski definition) is 2. The van der Waals surface area contributed by atoms with Gasteiger partial charge in [0.15, 0.2) is 5.78 Å². The highest BCUT2D eigenvalue weighted by atomic mass is 32.2. The highest BCUT2D eigenvalue weighted by Gasteiger charge is 2.62. The van der Waals surface area contributed by atoms with Gasteiger partial charge in [-0.2, -0.15) is 27.4 Å². The van der Waals surface area contributed by atoms with Crippen LogP contribution in [-0.4, -0.2) is 92.9 Å². The maximum atomic E-state index is 14.6. The molecular weight excluding hydrogens is 909 g/mol. The molecule has 2 aromatic rings. The molecule has 4 fully saturated rings. The summed E-state index contributed by atoms with van der Waals surface area (Å²) in [7, 11) is -6.83. The number of hydrogen-bond acceptors (Lipinski definition) is 16. The van der Waals surface area contributed by atoms with Crippen molar-refractivity contribution in [2.24, 2.45) is 27.8 Å². The molecule has 0 unspecified atom stereocenters. The molecule has 1 aromatic heterocycles. The maximum absolute atomic E-state index is 14.6. The van der Waals surface area contributed by atoms with Crippen LogP contribution in [0.5, 0.6) is 11.6 Å². The Morgan fingerprint density at radius 2 is 1.57 bits per heavy atom. The lowest BCUT2D eigenvalue weighted by molar-refractivity contribution is -0.161. The molecule has 6 rings (SSSR count). The molecule has 2 amide bonds. The lowest BCUT2D eigenvalue weighted by Crippen LogP contribution is -2.49. The normalized spacial score (nSPS) is 23.0. The summed E-state index contributed by atoms with van der Waals surface area (Å²) >= 11 is 0. The van der Waals surface area contributed by atoms with E-state index in [9.17, 15) is 36.0 Å². The number of nitrogens with two attached hydrogens (primary N) is 1. The number of Topliss-reactive ketones (excluding diaryl/α,β-unsaturated/α-hetero) is 1. The number of likely N-dealkylation sites (tertiary alicyclic amines) is 1. The van der Waals surface area contributed by atoms with E-state index in [4.69, 9.17) is 34.1 Å². The molecule has 368 valence electrons. The van der Waals surface area contributed by atoms with E-state index < -0.39 is 89.9 Å². The minimum absolute atomic E-state index is 0.00770. The Morgan fingerprint density at radius 1 is 0.955 bits per heavy atom. The minimum atomic E-state index is -4.54. The van der Waals surface area contributed by atoms with Crippen molar-refractivity contribution in [2.75, 3.05) is 13.7 Å². The molecular formula is C46H64N6O13S2. The molecule has 0 spiro atoms. The number of carbonyl (C=O) groups excluding carboxylic acids is 4. The second kappa shape index (κ2) is 20.3. The van der Waals surface area contributed by atoms with E-state index >= 15 is 0 Å². The molecule has 2 heterocycles. The number of rotatable bonds is 20. The highest BCUT2D eigenvalue weighted by molar-refractivity contribution is 7.85. The van der Waals surface area contributed by atoms with Gasteiger partial charge in [-0.15, -0.1) is 0 Å². The summed E-state index contributed by atoms with van der Waals surface area (Å²) in [5.41, 5.74) is -4.46. The molecule has 3 aliphatic carbocycles. The fourth-order valence-corrected chi connectivity index (χ4v) is 10.6. The van der Waals surface area contributed by atoms with Gasteiger partial charge in [-0.1, -0.05) is 34.1 Å². The van der Waals surface area contributed by atoms with Crippen LogP contribution >= 0.6 is 0 Å². The predicted octanol–water partition coefficient (Wildman–Crippen LogP) is 5.62. The van der Waals surface area contributed by atoms with Crippen LogP contribution in [0.25, 0.3) is 10.8 Å². The summed E-state index contributed by atoms with van der Waals surface area (Å²) in [5, 5.41) is 23.5. The van der Waals surface area contributed by atoms with Gasteiger partial charge >= 0.3 is 26.6 Å². The first-order valence-electron chi connectivity index (χ1n) is 22.5. The lowest BCUT2D eigenvalue weighted by atomic mass is 9.77. The van der Waals surface area contributed by atoms with E-state index in [1.54, 1.807) is 40.1 Å². The van der Waals surface area contributed by atoms with Crippen molar-refractivity contribution in [3.05, 3.63) is 30.5 Å². The van der Waals surface area contributed by atoms with Gasteiger partial charge in [-0.25, -0.2) is 19.0 Å². The van der Waals surface area contributed by atoms with Gasteiger partial charge in [0.1, 0.15) is 17.5 Å². The van der Waals surface area contributed by atoms with E-state index in [-0.39, 0.29) is 51.0 Å². The van der Waals surface area contributed by atoms with Crippen molar-refractivity contribution in [3.8, 4) is 23.8 Å². The second-order valence-corrected chi connectivity index (χ2v) is 22.7. The zero-order valence-corrected chi connectivity index (χ0v) is 41.2. The van der Waals surface area contributed by atoms with Gasteiger partial charge in [-0.3, -0.25) is 23.4 Å². The number of fused-ring (bicyclic) bond motifs is 1. The van der Waals surface area contributed by atoms with Crippen molar-refractivity contribution < 1.29 is 58.6 Å². The molecule has 3 saturated carbocycles. The number of methoxy groups -OCH3 is 1. The Kier molecular flexibility index (Phi) is 16.1. The minimum Gasteiger partial charge on any atom is -0.497 e. The average molecular weight is 973 g/mol. The number of ether oxygens (including phenoxy) is 3. The number of benzene rings is 1. The number of nitriles is 2. The van der Waals surface area contributed by atoms with E-state index in [2.05, 4.69) is 13.9 Å².